The molecule has 0 spiro atoms. The zero-order chi connectivity index (χ0) is 5.98. The molecule has 56 valence electrons. The average molecular weight is 154 g/mol. The van der Waals surface area contributed by atoms with Crippen molar-refractivity contribution in [3.05, 3.63) is 0 Å². The second kappa shape index (κ2) is 4.07. The highest BCUT2D eigenvalue weighted by atomic mass is 35.5. The molecule has 1 aliphatic heterocycles. The average Bonchev–Trinajstić information content (AvgIpc) is 1.77. The van der Waals surface area contributed by atoms with E-state index in [9.17, 15) is 4.39 Å². The molecule has 1 aliphatic rings. The summed E-state index contributed by atoms with van der Waals surface area (Å²) >= 11 is 0. The molecular formula is C6H13ClFN. The summed E-state index contributed by atoms with van der Waals surface area (Å²) in [7, 11) is 0. The fraction of sp³-hybridized carbons (Fsp3) is 1.00. The van der Waals surface area contributed by atoms with Crippen LogP contribution in [-0.2, 0) is 0 Å². The molecule has 2 atom stereocenters. The highest BCUT2D eigenvalue weighted by molar-refractivity contribution is 5.85. The first kappa shape index (κ1) is 9.18. The first-order valence-corrected chi connectivity index (χ1v) is 3.18. The Labute approximate surface area is 61.4 Å². The summed E-state index contributed by atoms with van der Waals surface area (Å²) in [6, 6.07) is 0.0868. The normalized spacial score (nSPS) is 35.3. The fourth-order valence-electron chi connectivity index (χ4n) is 1.00. The smallest absolute Gasteiger partial charge is 0.115 e. The van der Waals surface area contributed by atoms with Gasteiger partial charge in [0.25, 0.3) is 0 Å². The molecule has 1 N–H and O–H groups in total. The molecule has 1 rings (SSSR count). The summed E-state index contributed by atoms with van der Waals surface area (Å²) in [6.07, 6.45) is 1.13. The number of rotatable bonds is 0. The Kier molecular flexibility index (Phi) is 4.15. The van der Waals surface area contributed by atoms with Crippen molar-refractivity contribution in [1.29, 1.82) is 0 Å². The third kappa shape index (κ3) is 2.50. The van der Waals surface area contributed by atoms with E-state index in [1.54, 1.807) is 0 Å². The van der Waals surface area contributed by atoms with E-state index in [1.807, 2.05) is 6.92 Å². The molecule has 0 aromatic carbocycles. The second-order valence-corrected chi connectivity index (χ2v) is 2.40. The first-order chi connectivity index (χ1) is 3.80. The van der Waals surface area contributed by atoms with Gasteiger partial charge in [-0.25, -0.2) is 4.39 Å². The topological polar surface area (TPSA) is 12.0 Å². The largest absolute Gasteiger partial charge is 0.311 e. The van der Waals surface area contributed by atoms with Crippen LogP contribution >= 0.6 is 12.4 Å². The van der Waals surface area contributed by atoms with Crippen molar-refractivity contribution in [3.8, 4) is 0 Å². The molecule has 0 aromatic heterocycles. The molecule has 2 unspecified atom stereocenters. The molecule has 0 aliphatic carbocycles. The van der Waals surface area contributed by atoms with Gasteiger partial charge in [-0.3, -0.25) is 0 Å². The molecule has 1 saturated heterocycles. The monoisotopic (exact) mass is 153 g/mol. The quantitative estimate of drug-likeness (QED) is 0.557. The van der Waals surface area contributed by atoms with Gasteiger partial charge in [-0.1, -0.05) is 0 Å². The van der Waals surface area contributed by atoms with E-state index in [2.05, 4.69) is 5.32 Å². The minimum atomic E-state index is -0.608. The number of piperidine rings is 1. The van der Waals surface area contributed by atoms with Gasteiger partial charge in [-0.05, 0) is 26.3 Å². The van der Waals surface area contributed by atoms with Crippen molar-refractivity contribution >= 4 is 12.4 Å². The minimum absolute atomic E-state index is 0. The zero-order valence-corrected chi connectivity index (χ0v) is 6.38. The van der Waals surface area contributed by atoms with Crippen molar-refractivity contribution in [2.45, 2.75) is 32.0 Å². The van der Waals surface area contributed by atoms with Gasteiger partial charge >= 0.3 is 0 Å². The van der Waals surface area contributed by atoms with E-state index in [0.29, 0.717) is 0 Å². The second-order valence-electron chi connectivity index (χ2n) is 2.40. The van der Waals surface area contributed by atoms with Crippen LogP contribution in [0.15, 0.2) is 0 Å². The van der Waals surface area contributed by atoms with Crippen LogP contribution < -0.4 is 5.32 Å². The molecule has 0 bridgehead atoms. The Morgan fingerprint density at radius 2 is 2.22 bits per heavy atom. The molecule has 1 fully saturated rings. The van der Waals surface area contributed by atoms with Gasteiger partial charge in [0.1, 0.15) is 6.17 Å². The van der Waals surface area contributed by atoms with Gasteiger partial charge in [0.05, 0.1) is 0 Å². The van der Waals surface area contributed by atoms with E-state index < -0.39 is 6.17 Å². The predicted molar refractivity (Wildman–Crippen MR) is 38.8 cm³/mol. The molecule has 0 aromatic rings. The Morgan fingerprint density at radius 1 is 1.56 bits per heavy atom. The number of hydrogen-bond acceptors (Lipinski definition) is 1. The van der Waals surface area contributed by atoms with E-state index in [1.165, 1.54) is 0 Å². The maximum atomic E-state index is 12.5. The molecular weight excluding hydrogens is 141 g/mol. The highest BCUT2D eigenvalue weighted by Gasteiger charge is 2.18. The lowest BCUT2D eigenvalue weighted by Crippen LogP contribution is -2.40. The molecule has 0 amide bonds. The van der Waals surface area contributed by atoms with Crippen LogP contribution in [0.2, 0.25) is 0 Å². The van der Waals surface area contributed by atoms with Crippen molar-refractivity contribution < 1.29 is 4.39 Å². The van der Waals surface area contributed by atoms with Gasteiger partial charge in [-0.15, -0.1) is 12.4 Å². The Balaban J connectivity index is 0.000000640. The summed E-state index contributed by atoms with van der Waals surface area (Å²) in [6.45, 7) is 2.88. The predicted octanol–water partition coefficient (Wildman–Crippen LogP) is 1.52. The van der Waals surface area contributed by atoms with Crippen LogP contribution in [0.25, 0.3) is 0 Å². The highest BCUT2D eigenvalue weighted by Crippen LogP contribution is 2.10. The molecule has 1 nitrogen and oxygen atoms in total. The fourth-order valence-corrected chi connectivity index (χ4v) is 1.00. The molecule has 3 heteroatoms. The SMILES string of the molecule is CC1NCCCC1F.Cl. The third-order valence-electron chi connectivity index (χ3n) is 1.67. The summed E-state index contributed by atoms with van der Waals surface area (Å²) in [4.78, 5) is 0. The molecule has 0 saturated carbocycles. The van der Waals surface area contributed by atoms with Gasteiger partial charge in [-0.2, -0.15) is 0 Å². The number of nitrogens with one attached hydrogen (secondary N) is 1. The van der Waals surface area contributed by atoms with Crippen molar-refractivity contribution in [2.24, 2.45) is 0 Å². The maximum absolute atomic E-state index is 12.5. The van der Waals surface area contributed by atoms with Gasteiger partial charge in [0.2, 0.25) is 0 Å². The van der Waals surface area contributed by atoms with Gasteiger partial charge in [0.15, 0.2) is 0 Å². The van der Waals surface area contributed by atoms with Crippen molar-refractivity contribution in [1.82, 2.24) is 5.32 Å². The zero-order valence-electron chi connectivity index (χ0n) is 5.56. The van der Waals surface area contributed by atoms with Gasteiger partial charge in [0, 0.05) is 6.04 Å². The van der Waals surface area contributed by atoms with Crippen molar-refractivity contribution in [2.75, 3.05) is 6.54 Å². The lowest BCUT2D eigenvalue weighted by Gasteiger charge is -2.23. The Bertz CT molecular complexity index is 69.5. The van der Waals surface area contributed by atoms with Crippen LogP contribution in [0.3, 0.4) is 0 Å². The lowest BCUT2D eigenvalue weighted by molar-refractivity contribution is 0.211. The van der Waals surface area contributed by atoms with E-state index in [-0.39, 0.29) is 18.4 Å². The minimum Gasteiger partial charge on any atom is -0.311 e. The molecule has 9 heavy (non-hydrogen) atoms. The molecule has 0 radical (unpaired) electrons. The van der Waals surface area contributed by atoms with Crippen LogP contribution in [0.5, 0.6) is 0 Å². The van der Waals surface area contributed by atoms with Crippen LogP contribution in [0, 0.1) is 0 Å². The van der Waals surface area contributed by atoms with Crippen LogP contribution in [-0.4, -0.2) is 18.8 Å². The van der Waals surface area contributed by atoms with E-state index >= 15 is 0 Å². The summed E-state index contributed by atoms with van der Waals surface area (Å²) in [5.41, 5.74) is 0. The molecule has 1 heterocycles. The first-order valence-electron chi connectivity index (χ1n) is 3.18. The standard InChI is InChI=1S/C6H12FN.ClH/c1-5-6(7)3-2-4-8-5;/h5-6,8H,2-4H2,1H3;1H. The Hall–Kier alpha value is 0.180. The van der Waals surface area contributed by atoms with Crippen LogP contribution in [0.1, 0.15) is 19.8 Å². The maximum Gasteiger partial charge on any atom is 0.115 e. The van der Waals surface area contributed by atoms with Gasteiger partial charge < -0.3 is 5.32 Å². The number of hydrogen-bond donors (Lipinski definition) is 1. The number of halogens is 2. The van der Waals surface area contributed by atoms with E-state index in [4.69, 9.17) is 0 Å². The van der Waals surface area contributed by atoms with E-state index in [0.717, 1.165) is 19.4 Å². The number of alkyl halides is 1. The Morgan fingerprint density at radius 3 is 2.56 bits per heavy atom. The lowest BCUT2D eigenvalue weighted by atomic mass is 10.1. The van der Waals surface area contributed by atoms with Crippen molar-refractivity contribution in [3.63, 3.8) is 0 Å². The van der Waals surface area contributed by atoms with Crippen LogP contribution in [0.4, 0.5) is 4.39 Å². The summed E-state index contributed by atoms with van der Waals surface area (Å²) in [5, 5.41) is 3.06. The third-order valence-corrected chi connectivity index (χ3v) is 1.67. The summed E-state index contributed by atoms with van der Waals surface area (Å²) in [5.74, 6) is 0. The summed E-state index contributed by atoms with van der Waals surface area (Å²) < 4.78 is 12.5.